The molecule has 0 bridgehead atoms. The third-order valence-electron chi connectivity index (χ3n) is 3.63. The average Bonchev–Trinajstić information content (AvgIpc) is 2.61. The van der Waals surface area contributed by atoms with Crippen LogP contribution in [0.15, 0.2) is 36.4 Å². The number of rotatable bonds is 5. The van der Waals surface area contributed by atoms with Crippen molar-refractivity contribution in [1.82, 2.24) is 0 Å². The summed E-state index contributed by atoms with van der Waals surface area (Å²) < 4.78 is 11.0. The minimum atomic E-state index is -0.318. The predicted molar refractivity (Wildman–Crippen MR) is 100 cm³/mol. The highest BCUT2D eigenvalue weighted by Gasteiger charge is 2.19. The maximum atomic E-state index is 12.5. The number of hydrogen-bond acceptors (Lipinski definition) is 4. The van der Waals surface area contributed by atoms with E-state index in [4.69, 9.17) is 21.1 Å². The molecule has 3 rings (SSSR count). The van der Waals surface area contributed by atoms with Crippen LogP contribution in [0.2, 0.25) is 5.02 Å². The lowest BCUT2D eigenvalue weighted by molar-refractivity contribution is -0.118. The molecule has 26 heavy (non-hydrogen) atoms. The van der Waals surface area contributed by atoms with Crippen LogP contribution in [0.1, 0.15) is 24.2 Å². The largest absolute Gasteiger partial charge is 0.493 e. The molecule has 2 aromatic carbocycles. The minimum absolute atomic E-state index is 0.0722. The molecule has 0 aliphatic carbocycles. The first kappa shape index (κ1) is 18.1. The van der Waals surface area contributed by atoms with Gasteiger partial charge in [0.1, 0.15) is 11.5 Å². The van der Waals surface area contributed by atoms with Gasteiger partial charge in [-0.15, -0.1) is 0 Å². The number of anilines is 2. The maximum absolute atomic E-state index is 12.5. The van der Waals surface area contributed by atoms with Gasteiger partial charge in [0, 0.05) is 11.6 Å². The van der Waals surface area contributed by atoms with Crippen LogP contribution in [0.4, 0.5) is 11.4 Å². The molecule has 136 valence electrons. The number of benzene rings is 2. The molecule has 2 aromatic rings. The van der Waals surface area contributed by atoms with Crippen molar-refractivity contribution < 1.29 is 19.1 Å². The number of hydrogen-bond donors (Lipinski definition) is 2. The van der Waals surface area contributed by atoms with E-state index in [0.717, 1.165) is 0 Å². The first-order chi connectivity index (χ1) is 12.4. The van der Waals surface area contributed by atoms with Crippen LogP contribution >= 0.6 is 11.6 Å². The zero-order valence-corrected chi connectivity index (χ0v) is 15.2. The van der Waals surface area contributed by atoms with Crippen LogP contribution in [0.5, 0.6) is 11.5 Å². The van der Waals surface area contributed by atoms with Gasteiger partial charge in [-0.05, 0) is 30.2 Å². The molecule has 1 aliphatic heterocycles. The number of carbonyl (C=O) groups excluding carboxylic acids is 2. The molecule has 0 aromatic heterocycles. The molecular formula is C19H19ClN2O4. The fraction of sp³-hybridized carbons (Fsp3) is 0.263. The highest BCUT2D eigenvalue weighted by molar-refractivity contribution is 6.34. The highest BCUT2D eigenvalue weighted by Crippen LogP contribution is 2.36. The molecule has 0 unspecified atom stereocenters. The fourth-order valence-electron chi connectivity index (χ4n) is 2.38. The Hall–Kier alpha value is -2.73. The summed E-state index contributed by atoms with van der Waals surface area (Å²) in [5, 5.41) is 5.73. The molecule has 0 saturated heterocycles. The molecule has 0 spiro atoms. The third kappa shape index (κ3) is 4.26. The maximum Gasteiger partial charge on any atom is 0.262 e. The summed E-state index contributed by atoms with van der Waals surface area (Å²) in [6.07, 6.45) is 0. The lowest BCUT2D eigenvalue weighted by Crippen LogP contribution is -2.25. The van der Waals surface area contributed by atoms with Gasteiger partial charge in [0.15, 0.2) is 6.61 Å². The second-order valence-electron chi connectivity index (χ2n) is 6.35. The molecule has 6 nitrogen and oxygen atoms in total. The van der Waals surface area contributed by atoms with Gasteiger partial charge in [-0.3, -0.25) is 9.59 Å². The quantitative estimate of drug-likeness (QED) is 0.830. The molecule has 0 radical (unpaired) electrons. The first-order valence-electron chi connectivity index (χ1n) is 8.23. The number of carbonyl (C=O) groups is 2. The Labute approximate surface area is 156 Å². The molecule has 0 fully saturated rings. The van der Waals surface area contributed by atoms with Gasteiger partial charge in [-0.1, -0.05) is 31.5 Å². The third-order valence-corrected chi connectivity index (χ3v) is 3.94. The lowest BCUT2D eigenvalue weighted by Gasteiger charge is -2.19. The highest BCUT2D eigenvalue weighted by atomic mass is 35.5. The van der Waals surface area contributed by atoms with E-state index in [1.165, 1.54) is 0 Å². The minimum Gasteiger partial charge on any atom is -0.493 e. The van der Waals surface area contributed by atoms with E-state index in [2.05, 4.69) is 24.5 Å². The molecule has 0 saturated carbocycles. The van der Waals surface area contributed by atoms with E-state index in [0.29, 0.717) is 46.0 Å². The summed E-state index contributed by atoms with van der Waals surface area (Å²) >= 11 is 6.21. The predicted octanol–water partition coefficient (Wildman–Crippen LogP) is 3.96. The topological polar surface area (TPSA) is 76.7 Å². The van der Waals surface area contributed by atoms with E-state index in [9.17, 15) is 9.59 Å². The SMILES string of the molecule is CC(C)COc1cccc(C(=O)Nc2cc3c(cc2Cl)NC(=O)CO3)c1. The van der Waals surface area contributed by atoms with Crippen molar-refractivity contribution in [1.29, 1.82) is 0 Å². The van der Waals surface area contributed by atoms with E-state index in [-0.39, 0.29) is 18.4 Å². The van der Waals surface area contributed by atoms with Crippen molar-refractivity contribution in [2.45, 2.75) is 13.8 Å². The van der Waals surface area contributed by atoms with Crippen molar-refractivity contribution in [2.24, 2.45) is 5.92 Å². The Morgan fingerprint density at radius 2 is 2.15 bits per heavy atom. The second kappa shape index (κ2) is 7.66. The Balaban J connectivity index is 1.76. The van der Waals surface area contributed by atoms with E-state index < -0.39 is 0 Å². The fourth-order valence-corrected chi connectivity index (χ4v) is 2.59. The Morgan fingerprint density at radius 1 is 1.35 bits per heavy atom. The van der Waals surface area contributed by atoms with Gasteiger partial charge in [0.05, 0.1) is 23.0 Å². The van der Waals surface area contributed by atoms with E-state index in [1.54, 1.807) is 30.3 Å². The number of nitrogens with one attached hydrogen (secondary N) is 2. The normalized spacial score (nSPS) is 12.8. The molecule has 0 atom stereocenters. The monoisotopic (exact) mass is 374 g/mol. The summed E-state index contributed by atoms with van der Waals surface area (Å²) in [4.78, 5) is 23.9. The van der Waals surface area contributed by atoms with Crippen molar-refractivity contribution in [3.05, 3.63) is 47.0 Å². The van der Waals surface area contributed by atoms with Gasteiger partial charge in [-0.25, -0.2) is 0 Å². The second-order valence-corrected chi connectivity index (χ2v) is 6.76. The number of ether oxygens (including phenoxy) is 2. The number of fused-ring (bicyclic) bond motifs is 1. The summed E-state index contributed by atoms with van der Waals surface area (Å²) in [5.74, 6) is 0.916. The van der Waals surface area contributed by atoms with Gasteiger partial charge in [0.2, 0.25) is 0 Å². The zero-order valence-electron chi connectivity index (χ0n) is 14.5. The van der Waals surface area contributed by atoms with Gasteiger partial charge in [0.25, 0.3) is 11.8 Å². The Kier molecular flexibility index (Phi) is 5.32. The summed E-state index contributed by atoms with van der Waals surface area (Å²) in [7, 11) is 0. The molecule has 2 N–H and O–H groups in total. The molecule has 2 amide bonds. The van der Waals surface area contributed by atoms with Crippen molar-refractivity contribution in [2.75, 3.05) is 23.8 Å². The van der Waals surface area contributed by atoms with Crippen LogP contribution in [-0.4, -0.2) is 25.0 Å². The van der Waals surface area contributed by atoms with Gasteiger partial charge < -0.3 is 20.1 Å². The average molecular weight is 375 g/mol. The Morgan fingerprint density at radius 3 is 2.92 bits per heavy atom. The first-order valence-corrected chi connectivity index (χ1v) is 8.60. The zero-order chi connectivity index (χ0) is 18.7. The Bertz CT molecular complexity index is 851. The molecule has 7 heteroatoms. The smallest absolute Gasteiger partial charge is 0.262 e. The summed E-state index contributed by atoms with van der Waals surface area (Å²) in [6, 6.07) is 10.1. The summed E-state index contributed by atoms with van der Waals surface area (Å²) in [6.45, 7) is 4.61. The number of halogens is 1. The molecule has 1 aliphatic rings. The van der Waals surface area contributed by atoms with Crippen LogP contribution < -0.4 is 20.1 Å². The number of amides is 2. The van der Waals surface area contributed by atoms with E-state index in [1.807, 2.05) is 6.07 Å². The standard InChI is InChI=1S/C19H19ClN2O4/c1-11(2)9-25-13-5-3-4-12(6-13)19(24)22-15-8-17-16(7-14(15)20)21-18(23)10-26-17/h3-8,11H,9-10H2,1-2H3,(H,21,23)(H,22,24). The van der Waals surface area contributed by atoms with Crippen LogP contribution in [0.25, 0.3) is 0 Å². The van der Waals surface area contributed by atoms with E-state index >= 15 is 0 Å². The van der Waals surface area contributed by atoms with Gasteiger partial charge >= 0.3 is 0 Å². The van der Waals surface area contributed by atoms with Crippen LogP contribution in [-0.2, 0) is 4.79 Å². The molecular weight excluding hydrogens is 356 g/mol. The van der Waals surface area contributed by atoms with Gasteiger partial charge in [-0.2, -0.15) is 0 Å². The lowest BCUT2D eigenvalue weighted by atomic mass is 10.2. The summed E-state index contributed by atoms with van der Waals surface area (Å²) in [5.41, 5.74) is 1.34. The van der Waals surface area contributed by atoms with Crippen molar-refractivity contribution >= 4 is 34.8 Å². The van der Waals surface area contributed by atoms with Crippen molar-refractivity contribution in [3.8, 4) is 11.5 Å². The van der Waals surface area contributed by atoms with Crippen LogP contribution in [0.3, 0.4) is 0 Å². The molecule has 1 heterocycles. The van der Waals surface area contributed by atoms with Crippen LogP contribution in [0, 0.1) is 5.92 Å². The van der Waals surface area contributed by atoms with Crippen molar-refractivity contribution in [3.63, 3.8) is 0 Å².